The number of rotatable bonds is 7. The van der Waals surface area contributed by atoms with Crippen molar-refractivity contribution in [3.8, 4) is 5.75 Å². The summed E-state index contributed by atoms with van der Waals surface area (Å²) in [5, 5.41) is 1.99. The first-order valence-electron chi connectivity index (χ1n) is 8.78. The van der Waals surface area contributed by atoms with Crippen molar-refractivity contribution < 1.29 is 17.9 Å². The average Bonchev–Trinajstić information content (AvgIpc) is 3.22. The maximum absolute atomic E-state index is 13.2. The second-order valence-corrected chi connectivity index (χ2v) is 9.87. The van der Waals surface area contributed by atoms with E-state index in [1.54, 1.807) is 46.6 Å². The van der Waals surface area contributed by atoms with Gasteiger partial charge in [0.15, 0.2) is 9.84 Å². The van der Waals surface area contributed by atoms with Crippen LogP contribution in [-0.2, 0) is 16.4 Å². The maximum Gasteiger partial charge on any atom is 0.254 e. The van der Waals surface area contributed by atoms with Gasteiger partial charge < -0.3 is 9.64 Å². The summed E-state index contributed by atoms with van der Waals surface area (Å²) < 4.78 is 29.4. The van der Waals surface area contributed by atoms with Gasteiger partial charge in [0.2, 0.25) is 0 Å². The van der Waals surface area contributed by atoms with Gasteiger partial charge >= 0.3 is 0 Å². The zero-order chi connectivity index (χ0) is 19.4. The fourth-order valence-electron chi connectivity index (χ4n) is 3.12. The van der Waals surface area contributed by atoms with Crippen LogP contribution in [0.1, 0.15) is 27.2 Å². The van der Waals surface area contributed by atoms with Crippen LogP contribution in [0.15, 0.2) is 48.4 Å². The molecule has 1 aromatic carbocycles. The van der Waals surface area contributed by atoms with Gasteiger partial charge in [0.25, 0.3) is 5.91 Å². The van der Waals surface area contributed by atoms with Gasteiger partial charge in [-0.05, 0) is 54.6 Å². The Morgan fingerprint density at radius 3 is 2.63 bits per heavy atom. The molecule has 1 fully saturated rings. The quantitative estimate of drug-likeness (QED) is 0.662. The summed E-state index contributed by atoms with van der Waals surface area (Å²) in [5.74, 6) is 0.679. The second kappa shape index (κ2) is 8.27. The monoisotopic (exact) mass is 405 g/mol. The van der Waals surface area contributed by atoms with Crippen LogP contribution in [0.25, 0.3) is 0 Å². The molecule has 0 radical (unpaired) electrons. The number of amides is 1. The highest BCUT2D eigenvalue weighted by Crippen LogP contribution is 2.26. The summed E-state index contributed by atoms with van der Waals surface area (Å²) in [7, 11) is -3.08. The highest BCUT2D eigenvalue weighted by atomic mass is 32.2. The number of nitrogens with zero attached hydrogens (tertiary/aromatic N) is 1. The Hall–Kier alpha value is -2.12. The Kier molecular flexibility index (Phi) is 6.01. The van der Waals surface area contributed by atoms with E-state index in [2.05, 4.69) is 6.58 Å². The largest absolute Gasteiger partial charge is 0.490 e. The lowest BCUT2D eigenvalue weighted by Gasteiger charge is -2.28. The molecule has 7 heteroatoms. The van der Waals surface area contributed by atoms with Crippen molar-refractivity contribution in [3.05, 3.63) is 64.4 Å². The average molecular weight is 406 g/mol. The molecule has 0 bridgehead atoms. The van der Waals surface area contributed by atoms with Crippen molar-refractivity contribution >= 4 is 27.1 Å². The molecule has 1 aromatic heterocycles. The lowest BCUT2D eigenvalue weighted by atomic mass is 10.1. The SMILES string of the molecule is C=CCOc1ccc(C(=O)N(Cc2sccc2C)[C@H]2CCS(=O)(=O)C2)cc1. The lowest BCUT2D eigenvalue weighted by Crippen LogP contribution is -2.40. The predicted octanol–water partition coefficient (Wildman–Crippen LogP) is 3.45. The van der Waals surface area contributed by atoms with Gasteiger partial charge in [-0.3, -0.25) is 4.79 Å². The summed E-state index contributed by atoms with van der Waals surface area (Å²) in [6, 6.07) is 8.66. The van der Waals surface area contributed by atoms with Crippen molar-refractivity contribution in [3.63, 3.8) is 0 Å². The molecule has 1 aliphatic rings. The van der Waals surface area contributed by atoms with Crippen LogP contribution in [-0.4, -0.2) is 43.4 Å². The Morgan fingerprint density at radius 2 is 2.07 bits per heavy atom. The molecule has 0 spiro atoms. The van der Waals surface area contributed by atoms with E-state index in [4.69, 9.17) is 4.74 Å². The van der Waals surface area contributed by atoms with Gasteiger partial charge in [-0.2, -0.15) is 0 Å². The molecule has 1 saturated heterocycles. The number of sulfone groups is 1. The van der Waals surface area contributed by atoms with Crippen molar-refractivity contribution in [1.29, 1.82) is 0 Å². The van der Waals surface area contributed by atoms with Crippen LogP contribution in [0.4, 0.5) is 0 Å². The molecule has 144 valence electrons. The summed E-state index contributed by atoms with van der Waals surface area (Å²) in [5.41, 5.74) is 1.64. The van der Waals surface area contributed by atoms with E-state index >= 15 is 0 Å². The summed E-state index contributed by atoms with van der Waals surface area (Å²) in [4.78, 5) is 16.0. The Labute approximate surface area is 164 Å². The maximum atomic E-state index is 13.2. The van der Waals surface area contributed by atoms with E-state index in [1.165, 1.54) is 0 Å². The van der Waals surface area contributed by atoms with E-state index in [1.807, 2.05) is 18.4 Å². The third kappa shape index (κ3) is 4.78. The minimum atomic E-state index is -3.08. The Morgan fingerprint density at radius 1 is 1.33 bits per heavy atom. The number of ether oxygens (including phenoxy) is 1. The minimum absolute atomic E-state index is 0.0314. The van der Waals surface area contributed by atoms with Crippen LogP contribution in [0.5, 0.6) is 5.75 Å². The molecule has 2 aromatic rings. The van der Waals surface area contributed by atoms with E-state index < -0.39 is 9.84 Å². The molecule has 27 heavy (non-hydrogen) atoms. The molecule has 2 heterocycles. The normalized spacial score (nSPS) is 18.2. The van der Waals surface area contributed by atoms with Crippen LogP contribution < -0.4 is 4.74 Å². The Bertz CT molecular complexity index is 916. The first-order chi connectivity index (χ1) is 12.9. The zero-order valence-electron chi connectivity index (χ0n) is 15.3. The third-order valence-corrected chi connectivity index (χ3v) is 7.42. The molecule has 3 rings (SSSR count). The van der Waals surface area contributed by atoms with Crippen LogP contribution in [0.2, 0.25) is 0 Å². The Balaban J connectivity index is 1.84. The number of hydrogen-bond donors (Lipinski definition) is 0. The van der Waals surface area contributed by atoms with E-state index in [0.717, 1.165) is 10.4 Å². The molecular formula is C20H23NO4S2. The number of benzene rings is 1. The van der Waals surface area contributed by atoms with Crippen LogP contribution in [0.3, 0.4) is 0 Å². The molecule has 0 aliphatic carbocycles. The number of thiophene rings is 1. The van der Waals surface area contributed by atoms with E-state index in [9.17, 15) is 13.2 Å². The molecule has 1 atom stereocenters. The highest BCUT2D eigenvalue weighted by Gasteiger charge is 2.35. The zero-order valence-corrected chi connectivity index (χ0v) is 16.9. The second-order valence-electron chi connectivity index (χ2n) is 6.64. The molecule has 0 N–H and O–H groups in total. The van der Waals surface area contributed by atoms with Gasteiger partial charge in [-0.15, -0.1) is 11.3 Å². The topological polar surface area (TPSA) is 63.7 Å². The fourth-order valence-corrected chi connectivity index (χ4v) is 5.76. The van der Waals surface area contributed by atoms with Crippen molar-refractivity contribution in [2.75, 3.05) is 18.1 Å². The van der Waals surface area contributed by atoms with Gasteiger partial charge in [-0.1, -0.05) is 12.7 Å². The smallest absolute Gasteiger partial charge is 0.254 e. The summed E-state index contributed by atoms with van der Waals surface area (Å²) >= 11 is 1.59. The summed E-state index contributed by atoms with van der Waals surface area (Å²) in [6.07, 6.45) is 2.14. The number of aryl methyl sites for hydroxylation is 1. The van der Waals surface area contributed by atoms with Crippen molar-refractivity contribution in [1.82, 2.24) is 4.90 Å². The van der Waals surface area contributed by atoms with Gasteiger partial charge in [0.05, 0.1) is 18.1 Å². The molecule has 5 nitrogen and oxygen atoms in total. The van der Waals surface area contributed by atoms with Gasteiger partial charge in [0, 0.05) is 16.5 Å². The van der Waals surface area contributed by atoms with E-state index in [-0.39, 0.29) is 23.5 Å². The lowest BCUT2D eigenvalue weighted by molar-refractivity contribution is 0.0683. The highest BCUT2D eigenvalue weighted by molar-refractivity contribution is 7.91. The van der Waals surface area contributed by atoms with Crippen molar-refractivity contribution in [2.45, 2.75) is 25.9 Å². The number of carbonyl (C=O) groups is 1. The molecular weight excluding hydrogens is 382 g/mol. The third-order valence-electron chi connectivity index (χ3n) is 4.66. The van der Waals surface area contributed by atoms with Crippen LogP contribution in [0, 0.1) is 6.92 Å². The van der Waals surface area contributed by atoms with Gasteiger partial charge in [-0.25, -0.2) is 8.42 Å². The first kappa shape index (κ1) is 19.6. The summed E-state index contributed by atoms with van der Waals surface area (Å²) in [6.45, 7) is 6.44. The standard InChI is InChI=1S/C20H23NO4S2/c1-3-10-25-18-6-4-16(5-7-18)20(22)21(13-19-15(2)8-11-26-19)17-9-12-27(23,24)14-17/h3-8,11,17H,1,9-10,12-14H2,2H3/t17-/m0/s1. The fraction of sp³-hybridized carbons (Fsp3) is 0.350. The molecule has 0 saturated carbocycles. The molecule has 1 aliphatic heterocycles. The minimum Gasteiger partial charge on any atom is -0.490 e. The van der Waals surface area contributed by atoms with Crippen LogP contribution >= 0.6 is 11.3 Å². The number of hydrogen-bond acceptors (Lipinski definition) is 5. The predicted molar refractivity (Wildman–Crippen MR) is 108 cm³/mol. The number of carbonyl (C=O) groups excluding carboxylic acids is 1. The first-order valence-corrected chi connectivity index (χ1v) is 11.5. The molecule has 1 amide bonds. The van der Waals surface area contributed by atoms with Crippen molar-refractivity contribution in [2.24, 2.45) is 0 Å². The van der Waals surface area contributed by atoms with Gasteiger partial charge in [0.1, 0.15) is 12.4 Å². The molecule has 0 unspecified atom stereocenters. The van der Waals surface area contributed by atoms with E-state index in [0.29, 0.717) is 30.9 Å².